The van der Waals surface area contributed by atoms with Crippen molar-refractivity contribution in [1.82, 2.24) is 39.4 Å². The molecule has 16 heteroatoms. The lowest BCUT2D eigenvalue weighted by Crippen LogP contribution is -2.39. The van der Waals surface area contributed by atoms with Crippen LogP contribution in [0.5, 0.6) is 0 Å². The second-order valence-electron chi connectivity index (χ2n) is 16.6. The zero-order valence-corrected chi connectivity index (χ0v) is 39.4. The number of aromatic carboxylic acids is 1. The number of fused-ring (bicyclic) bond motifs is 2. The van der Waals surface area contributed by atoms with Gasteiger partial charge < -0.3 is 26.4 Å². The number of carbonyl (C=O) groups is 4. The molecule has 0 unspecified atom stereocenters. The zero-order chi connectivity index (χ0) is 47.0. The number of nitrogens with zero attached hydrogens (tertiary/aromatic N) is 7. The maximum Gasteiger partial charge on any atom is 0.337 e. The summed E-state index contributed by atoms with van der Waals surface area (Å²) in [7, 11) is 0. The number of carboxylic acid groups (broad SMARTS) is 1. The smallest absolute Gasteiger partial charge is 0.337 e. The minimum Gasteiger partial charge on any atom is -0.478 e. The first-order valence-corrected chi connectivity index (χ1v) is 22.0. The number of likely N-dealkylation sites (tertiary alicyclic amines) is 1. The van der Waals surface area contributed by atoms with E-state index in [2.05, 4.69) is 66.0 Å². The largest absolute Gasteiger partial charge is 0.478 e. The van der Waals surface area contributed by atoms with Gasteiger partial charge >= 0.3 is 5.97 Å². The van der Waals surface area contributed by atoms with Crippen LogP contribution in [0.1, 0.15) is 142 Å². The minimum atomic E-state index is -0.980. The molecule has 0 spiro atoms. The standard InChI is InChI=1S/C24H29N5O2.C14H20N4.C8H9NO2.C2H3ClO/c1-14-9-10-20(26-18(5)30)19(12-14)24(31)28-11-7-6-8-22(28)21-13-23-25-16(3)15(2)17(4)29(23)27-21;1-9-10(2)16-14-8-13(17-18(14)11(9)3)12-6-4-5-7-15-12;1-5-2-3-7(9)6(4-5)8(10)11;1-2(3)4/h9-10,12-13,22H,6-8,11H2,1-5H3,(H,26,30);8,12,15H,4-7H2,1-3H3;2-4H,9H2,1H3,(H,10,11);1H3/t22-;12-;;/m00../s1. The molecule has 5 N–H and O–H groups in total. The Morgan fingerprint density at radius 1 is 0.734 bits per heavy atom. The van der Waals surface area contributed by atoms with Crippen LogP contribution in [0.2, 0.25) is 0 Å². The Kier molecular flexibility index (Phi) is 16.4. The normalized spacial score (nSPS) is 15.8. The number of hydrogen-bond acceptors (Lipinski definition) is 10. The van der Waals surface area contributed by atoms with Gasteiger partial charge in [0.1, 0.15) is 0 Å². The molecular weight excluding hydrogens is 832 g/mol. The van der Waals surface area contributed by atoms with Gasteiger partial charge in [0.05, 0.1) is 40.3 Å². The number of nitrogens with one attached hydrogen (secondary N) is 2. The van der Waals surface area contributed by atoms with Crippen LogP contribution in [0.4, 0.5) is 11.4 Å². The SMILES string of the molecule is CC(=O)Cl.CC(=O)Nc1ccc(C)cc1C(=O)N1CCCC[C@H]1c1cc2nc(C)c(C)c(C)n2n1.Cc1ccc(N)c(C(=O)O)c1.Cc1nc2cc([C@@H]3CCCCN3)nn2c(C)c1C. The van der Waals surface area contributed by atoms with E-state index in [4.69, 9.17) is 21.0 Å². The molecule has 2 amide bonds. The van der Waals surface area contributed by atoms with E-state index in [0.29, 0.717) is 29.5 Å². The number of aromatic nitrogens is 6. The number of rotatable bonds is 5. The van der Waals surface area contributed by atoms with E-state index in [1.165, 1.54) is 44.4 Å². The van der Waals surface area contributed by atoms with E-state index < -0.39 is 5.97 Å². The Morgan fingerprint density at radius 2 is 1.27 bits per heavy atom. The van der Waals surface area contributed by atoms with Crippen molar-refractivity contribution in [2.75, 3.05) is 24.1 Å². The summed E-state index contributed by atoms with van der Waals surface area (Å²) in [6.45, 7) is 20.7. The second kappa shape index (κ2) is 21.5. The number of anilines is 2. The molecule has 2 aliphatic rings. The van der Waals surface area contributed by atoms with Gasteiger partial charge in [0.25, 0.3) is 5.91 Å². The van der Waals surface area contributed by atoms with Crippen molar-refractivity contribution in [2.24, 2.45) is 0 Å². The van der Waals surface area contributed by atoms with Crippen LogP contribution in [0.25, 0.3) is 11.3 Å². The Balaban J connectivity index is 0.000000195. The summed E-state index contributed by atoms with van der Waals surface area (Å²) in [6.07, 6.45) is 6.59. The summed E-state index contributed by atoms with van der Waals surface area (Å²) in [5, 5.41) is 24.2. The molecule has 0 radical (unpaired) electrons. The first-order chi connectivity index (χ1) is 30.3. The lowest BCUT2D eigenvalue weighted by Gasteiger charge is -2.35. The summed E-state index contributed by atoms with van der Waals surface area (Å²) in [5.74, 6) is -1.25. The topological polar surface area (TPSA) is 202 Å². The fourth-order valence-electron chi connectivity index (χ4n) is 7.85. The molecule has 0 saturated carbocycles. The molecule has 340 valence electrons. The first kappa shape index (κ1) is 48.8. The molecule has 2 saturated heterocycles. The molecule has 15 nitrogen and oxygen atoms in total. The van der Waals surface area contributed by atoms with Crippen LogP contribution < -0.4 is 16.4 Å². The molecule has 0 aliphatic carbocycles. The van der Waals surface area contributed by atoms with E-state index >= 15 is 0 Å². The third kappa shape index (κ3) is 11.9. The Labute approximate surface area is 379 Å². The molecule has 6 aromatic rings. The molecular formula is C48H61ClN10O5. The third-order valence-electron chi connectivity index (χ3n) is 11.7. The van der Waals surface area contributed by atoms with Crippen molar-refractivity contribution in [3.05, 3.63) is 116 Å². The predicted molar refractivity (Wildman–Crippen MR) is 251 cm³/mol. The third-order valence-corrected chi connectivity index (χ3v) is 11.7. The molecule has 2 aromatic carbocycles. The summed E-state index contributed by atoms with van der Waals surface area (Å²) < 4.78 is 3.86. The average Bonchev–Trinajstić information content (AvgIpc) is 3.89. The van der Waals surface area contributed by atoms with Gasteiger partial charge in [-0.1, -0.05) is 29.7 Å². The Morgan fingerprint density at radius 3 is 1.80 bits per heavy atom. The number of nitrogens with two attached hydrogens (primary N) is 1. The van der Waals surface area contributed by atoms with Gasteiger partial charge in [0, 0.05) is 61.0 Å². The number of carboxylic acids is 1. The van der Waals surface area contributed by atoms with E-state index in [-0.39, 0.29) is 28.7 Å². The van der Waals surface area contributed by atoms with Crippen LogP contribution in [0.15, 0.2) is 48.5 Å². The fraction of sp³-hybridized carbons (Fsp3) is 0.417. The molecule has 6 heterocycles. The van der Waals surface area contributed by atoms with Crippen molar-refractivity contribution >= 4 is 57.3 Å². The Hall–Kier alpha value is -6.19. The zero-order valence-electron chi connectivity index (χ0n) is 38.6. The highest BCUT2D eigenvalue weighted by Crippen LogP contribution is 2.34. The number of aryl methyl sites for hydroxylation is 6. The van der Waals surface area contributed by atoms with Crippen molar-refractivity contribution in [1.29, 1.82) is 0 Å². The van der Waals surface area contributed by atoms with Gasteiger partial charge in [-0.25, -0.2) is 23.8 Å². The van der Waals surface area contributed by atoms with Crippen LogP contribution in [0.3, 0.4) is 0 Å². The van der Waals surface area contributed by atoms with Crippen LogP contribution in [0, 0.1) is 55.4 Å². The van der Waals surface area contributed by atoms with Gasteiger partial charge in [-0.15, -0.1) is 0 Å². The monoisotopic (exact) mass is 892 g/mol. The van der Waals surface area contributed by atoms with Crippen molar-refractivity contribution in [2.45, 2.75) is 120 Å². The summed E-state index contributed by atoms with van der Waals surface area (Å²) >= 11 is 4.64. The van der Waals surface area contributed by atoms with Gasteiger partial charge in [0.15, 0.2) is 11.3 Å². The van der Waals surface area contributed by atoms with Crippen LogP contribution in [-0.2, 0) is 9.59 Å². The number of hydrogen-bond donors (Lipinski definition) is 4. The highest BCUT2D eigenvalue weighted by molar-refractivity contribution is 6.62. The van der Waals surface area contributed by atoms with Gasteiger partial charge in [-0.3, -0.25) is 14.4 Å². The number of halogens is 1. The summed E-state index contributed by atoms with van der Waals surface area (Å²) in [6, 6.07) is 14.9. The maximum absolute atomic E-state index is 13.7. The molecule has 64 heavy (non-hydrogen) atoms. The lowest BCUT2D eigenvalue weighted by molar-refractivity contribution is -0.114. The van der Waals surface area contributed by atoms with Gasteiger partial charge in [-0.2, -0.15) is 10.2 Å². The summed E-state index contributed by atoms with van der Waals surface area (Å²) in [5.41, 5.74) is 19.3. The van der Waals surface area contributed by atoms with Crippen molar-refractivity contribution < 1.29 is 24.3 Å². The molecule has 2 aliphatic heterocycles. The average molecular weight is 894 g/mol. The number of nitrogen functional groups attached to an aromatic ring is 1. The second-order valence-corrected chi connectivity index (χ2v) is 17.1. The lowest BCUT2D eigenvalue weighted by atomic mass is 9.97. The highest BCUT2D eigenvalue weighted by atomic mass is 35.5. The maximum atomic E-state index is 13.7. The predicted octanol–water partition coefficient (Wildman–Crippen LogP) is 8.81. The van der Waals surface area contributed by atoms with E-state index in [1.54, 1.807) is 24.3 Å². The van der Waals surface area contributed by atoms with Crippen LogP contribution in [-0.4, -0.2) is 75.3 Å². The highest BCUT2D eigenvalue weighted by Gasteiger charge is 2.32. The van der Waals surface area contributed by atoms with Gasteiger partial charge in [-0.05, 0) is 141 Å². The first-order valence-electron chi connectivity index (χ1n) is 21.6. The van der Waals surface area contributed by atoms with E-state index in [1.807, 2.05) is 59.8 Å². The number of amides is 2. The van der Waals surface area contributed by atoms with E-state index in [0.717, 1.165) is 82.3 Å². The summed E-state index contributed by atoms with van der Waals surface area (Å²) in [4.78, 5) is 56.2. The number of carbonyl (C=O) groups excluding carboxylic acids is 3. The molecule has 4 aromatic heterocycles. The van der Waals surface area contributed by atoms with Crippen molar-refractivity contribution in [3.63, 3.8) is 0 Å². The van der Waals surface area contributed by atoms with E-state index in [9.17, 15) is 19.2 Å². The fourth-order valence-corrected chi connectivity index (χ4v) is 7.85. The van der Waals surface area contributed by atoms with Crippen molar-refractivity contribution in [3.8, 4) is 0 Å². The quantitative estimate of drug-likeness (QED) is 0.0952. The van der Waals surface area contributed by atoms with Gasteiger partial charge in [0.2, 0.25) is 11.1 Å². The minimum absolute atomic E-state index is 0.0775. The molecule has 8 rings (SSSR count). The van der Waals surface area contributed by atoms with Crippen LogP contribution >= 0.6 is 11.6 Å². The molecule has 2 fully saturated rings. The Bertz CT molecular complexity index is 2680. The molecule has 0 bridgehead atoms. The molecule has 2 atom stereocenters. The number of benzene rings is 2. The number of piperidine rings is 2.